The molecule has 3 heteroatoms. The summed E-state index contributed by atoms with van der Waals surface area (Å²) in [5.41, 5.74) is 2.41. The maximum atomic E-state index is 9.51. The molecule has 0 saturated carbocycles. The number of nitriles is 1. The Morgan fingerprint density at radius 3 is 2.72 bits per heavy atom. The number of aromatic hydroxyl groups is 1. The van der Waals surface area contributed by atoms with Crippen LogP contribution < -0.4 is 0 Å². The van der Waals surface area contributed by atoms with Gasteiger partial charge in [0, 0.05) is 5.56 Å². The fourth-order valence-electron chi connectivity index (χ4n) is 2.08. The standard InChI is InChI=1S/C15H9NO2/c16-8-10-5-12-7-13(17)1-2-14(12)15(6-10)11-3-4-18-9-11/h1-7,9,17H. The predicted octanol–water partition coefficient (Wildman–Crippen LogP) is 3.68. The Kier molecular flexibility index (Phi) is 2.28. The van der Waals surface area contributed by atoms with Crippen LogP contribution in [0.2, 0.25) is 0 Å². The van der Waals surface area contributed by atoms with Crippen molar-refractivity contribution in [3.63, 3.8) is 0 Å². The Morgan fingerprint density at radius 2 is 2.00 bits per heavy atom. The van der Waals surface area contributed by atoms with E-state index in [4.69, 9.17) is 9.68 Å². The van der Waals surface area contributed by atoms with Gasteiger partial charge in [-0.05, 0) is 46.7 Å². The molecule has 0 fully saturated rings. The van der Waals surface area contributed by atoms with Crippen LogP contribution in [0.5, 0.6) is 5.75 Å². The average molecular weight is 235 g/mol. The zero-order valence-electron chi connectivity index (χ0n) is 9.42. The third-order valence-electron chi connectivity index (χ3n) is 2.90. The molecule has 0 unspecified atom stereocenters. The summed E-state index contributed by atoms with van der Waals surface area (Å²) in [5.74, 6) is 0.190. The van der Waals surface area contributed by atoms with Gasteiger partial charge in [0.15, 0.2) is 0 Å². The SMILES string of the molecule is N#Cc1cc(-c2ccoc2)c2ccc(O)cc2c1. The number of furan rings is 1. The molecule has 0 radical (unpaired) electrons. The Bertz CT molecular complexity index is 752. The highest BCUT2D eigenvalue weighted by molar-refractivity contribution is 5.98. The van der Waals surface area contributed by atoms with Crippen molar-refractivity contribution >= 4 is 10.8 Å². The topological polar surface area (TPSA) is 57.2 Å². The van der Waals surface area contributed by atoms with Gasteiger partial charge in [-0.1, -0.05) is 6.07 Å². The lowest BCUT2D eigenvalue weighted by atomic mass is 9.97. The molecule has 0 amide bonds. The van der Waals surface area contributed by atoms with Crippen molar-refractivity contribution in [2.45, 2.75) is 0 Å². The van der Waals surface area contributed by atoms with E-state index >= 15 is 0 Å². The molecule has 0 aliphatic carbocycles. The molecule has 86 valence electrons. The van der Waals surface area contributed by atoms with E-state index in [9.17, 15) is 5.11 Å². The van der Waals surface area contributed by atoms with E-state index in [1.165, 1.54) is 0 Å². The van der Waals surface area contributed by atoms with Crippen molar-refractivity contribution in [3.05, 3.63) is 54.5 Å². The van der Waals surface area contributed by atoms with Crippen molar-refractivity contribution in [1.29, 1.82) is 5.26 Å². The van der Waals surface area contributed by atoms with Crippen LogP contribution in [0.1, 0.15) is 5.56 Å². The van der Waals surface area contributed by atoms with E-state index in [1.807, 2.05) is 18.2 Å². The first-order valence-electron chi connectivity index (χ1n) is 5.47. The maximum absolute atomic E-state index is 9.51. The summed E-state index contributed by atoms with van der Waals surface area (Å²) in [6.07, 6.45) is 3.24. The van der Waals surface area contributed by atoms with Crippen LogP contribution in [-0.2, 0) is 0 Å². The fourth-order valence-corrected chi connectivity index (χ4v) is 2.08. The summed E-state index contributed by atoms with van der Waals surface area (Å²) in [7, 11) is 0. The molecular formula is C15H9NO2. The van der Waals surface area contributed by atoms with Crippen LogP contribution in [0.3, 0.4) is 0 Å². The Labute approximate surface area is 104 Å². The predicted molar refractivity (Wildman–Crippen MR) is 68.0 cm³/mol. The molecule has 0 atom stereocenters. The van der Waals surface area contributed by atoms with Gasteiger partial charge in [0.1, 0.15) is 5.75 Å². The molecule has 3 aromatic rings. The number of phenolic OH excluding ortho intramolecular Hbond substituents is 1. The minimum absolute atomic E-state index is 0.190. The highest BCUT2D eigenvalue weighted by Crippen LogP contribution is 2.32. The van der Waals surface area contributed by atoms with Gasteiger partial charge in [0.2, 0.25) is 0 Å². The van der Waals surface area contributed by atoms with E-state index in [1.54, 1.807) is 30.7 Å². The molecule has 1 aromatic heterocycles. The summed E-state index contributed by atoms with van der Waals surface area (Å²) in [5, 5.41) is 20.4. The van der Waals surface area contributed by atoms with Gasteiger partial charge in [-0.15, -0.1) is 0 Å². The summed E-state index contributed by atoms with van der Waals surface area (Å²) >= 11 is 0. The van der Waals surface area contributed by atoms with Crippen LogP contribution >= 0.6 is 0 Å². The minimum atomic E-state index is 0.190. The molecule has 0 aliphatic rings. The van der Waals surface area contributed by atoms with Crippen LogP contribution in [0, 0.1) is 11.3 Å². The summed E-state index contributed by atoms with van der Waals surface area (Å²) < 4.78 is 5.08. The fraction of sp³-hybridized carbons (Fsp3) is 0. The van der Waals surface area contributed by atoms with E-state index in [0.29, 0.717) is 5.56 Å². The Hall–Kier alpha value is -2.73. The number of benzene rings is 2. The zero-order valence-corrected chi connectivity index (χ0v) is 9.42. The number of hydrogen-bond donors (Lipinski definition) is 1. The molecule has 0 bridgehead atoms. The number of rotatable bonds is 1. The lowest BCUT2D eigenvalue weighted by molar-refractivity contribution is 0.476. The number of phenols is 1. The Balaban J connectivity index is 2.39. The summed E-state index contributed by atoms with van der Waals surface area (Å²) in [4.78, 5) is 0. The van der Waals surface area contributed by atoms with Crippen LogP contribution in [-0.4, -0.2) is 5.11 Å². The second-order valence-corrected chi connectivity index (χ2v) is 4.05. The highest BCUT2D eigenvalue weighted by atomic mass is 16.3. The first-order valence-corrected chi connectivity index (χ1v) is 5.47. The molecular weight excluding hydrogens is 226 g/mol. The molecule has 0 spiro atoms. The van der Waals surface area contributed by atoms with Crippen molar-refractivity contribution in [3.8, 4) is 22.9 Å². The smallest absolute Gasteiger partial charge is 0.116 e. The van der Waals surface area contributed by atoms with Crippen LogP contribution in [0.4, 0.5) is 0 Å². The molecule has 1 N–H and O–H groups in total. The van der Waals surface area contributed by atoms with Gasteiger partial charge >= 0.3 is 0 Å². The normalized spacial score (nSPS) is 10.4. The molecule has 18 heavy (non-hydrogen) atoms. The molecule has 0 aliphatic heterocycles. The molecule has 1 heterocycles. The molecule has 0 saturated heterocycles. The van der Waals surface area contributed by atoms with Crippen LogP contribution in [0.15, 0.2) is 53.3 Å². The number of hydrogen-bond acceptors (Lipinski definition) is 3. The van der Waals surface area contributed by atoms with E-state index < -0.39 is 0 Å². The van der Waals surface area contributed by atoms with Crippen molar-refractivity contribution in [1.82, 2.24) is 0 Å². The number of fused-ring (bicyclic) bond motifs is 1. The average Bonchev–Trinajstić information content (AvgIpc) is 2.90. The van der Waals surface area contributed by atoms with E-state index in [-0.39, 0.29) is 5.75 Å². The van der Waals surface area contributed by atoms with Crippen molar-refractivity contribution in [2.75, 3.05) is 0 Å². The van der Waals surface area contributed by atoms with Crippen LogP contribution in [0.25, 0.3) is 21.9 Å². The first kappa shape index (κ1) is 10.4. The Morgan fingerprint density at radius 1 is 1.11 bits per heavy atom. The maximum Gasteiger partial charge on any atom is 0.116 e. The minimum Gasteiger partial charge on any atom is -0.508 e. The van der Waals surface area contributed by atoms with Gasteiger partial charge < -0.3 is 9.52 Å². The van der Waals surface area contributed by atoms with Gasteiger partial charge in [0.05, 0.1) is 24.2 Å². The largest absolute Gasteiger partial charge is 0.508 e. The lowest BCUT2D eigenvalue weighted by Gasteiger charge is -2.06. The number of nitrogens with zero attached hydrogens (tertiary/aromatic N) is 1. The lowest BCUT2D eigenvalue weighted by Crippen LogP contribution is -1.83. The molecule has 3 rings (SSSR count). The van der Waals surface area contributed by atoms with Crippen molar-refractivity contribution < 1.29 is 9.52 Å². The quantitative estimate of drug-likeness (QED) is 0.700. The third kappa shape index (κ3) is 1.61. The second-order valence-electron chi connectivity index (χ2n) is 4.05. The zero-order chi connectivity index (χ0) is 12.5. The van der Waals surface area contributed by atoms with Gasteiger partial charge in [-0.3, -0.25) is 0 Å². The highest BCUT2D eigenvalue weighted by Gasteiger charge is 2.08. The van der Waals surface area contributed by atoms with E-state index in [0.717, 1.165) is 21.9 Å². The summed E-state index contributed by atoms with van der Waals surface area (Å²) in [6, 6.07) is 12.7. The first-order chi connectivity index (χ1) is 8.78. The molecule has 2 aromatic carbocycles. The van der Waals surface area contributed by atoms with Gasteiger partial charge in [-0.2, -0.15) is 5.26 Å². The monoisotopic (exact) mass is 235 g/mol. The molecule has 3 nitrogen and oxygen atoms in total. The van der Waals surface area contributed by atoms with Gasteiger partial charge in [-0.25, -0.2) is 0 Å². The van der Waals surface area contributed by atoms with Crippen molar-refractivity contribution in [2.24, 2.45) is 0 Å². The second kappa shape index (κ2) is 3.94. The third-order valence-corrected chi connectivity index (χ3v) is 2.90. The summed E-state index contributed by atoms with van der Waals surface area (Å²) in [6.45, 7) is 0. The van der Waals surface area contributed by atoms with Gasteiger partial charge in [0.25, 0.3) is 0 Å². The van der Waals surface area contributed by atoms with E-state index in [2.05, 4.69) is 6.07 Å².